The van der Waals surface area contributed by atoms with Gasteiger partial charge in [0.05, 0.1) is 0 Å². The van der Waals surface area contributed by atoms with Crippen molar-refractivity contribution in [1.82, 2.24) is 0 Å². The zero-order valence-electron chi connectivity index (χ0n) is 8.80. The van der Waals surface area contributed by atoms with Gasteiger partial charge in [-0.2, -0.15) is 0 Å². The number of hydrogen-bond donors (Lipinski definition) is 0. The van der Waals surface area contributed by atoms with Gasteiger partial charge in [0.1, 0.15) is 6.29 Å². The van der Waals surface area contributed by atoms with Crippen molar-refractivity contribution in [2.24, 2.45) is 0 Å². The number of carbonyl (C=O) groups excluding carboxylic acids is 1. The molecule has 76 valence electrons. The van der Waals surface area contributed by atoms with Gasteiger partial charge >= 0.3 is 0 Å². The third-order valence-electron chi connectivity index (χ3n) is 2.65. The molecule has 0 aliphatic heterocycles. The minimum atomic E-state index is 0.254. The summed E-state index contributed by atoms with van der Waals surface area (Å²) in [6.45, 7) is 6.08. The number of aldehydes is 1. The van der Waals surface area contributed by atoms with Gasteiger partial charge in [-0.05, 0) is 42.5 Å². The first-order chi connectivity index (χ1) is 6.56. The van der Waals surface area contributed by atoms with Crippen LogP contribution in [-0.2, 0) is 4.79 Å². The summed E-state index contributed by atoms with van der Waals surface area (Å²) in [6.07, 6.45) is 1.51. The first-order valence-electron chi connectivity index (χ1n) is 4.76. The number of benzene rings is 1. The maximum atomic E-state index is 10.4. The molecule has 14 heavy (non-hydrogen) atoms. The average molecular weight is 211 g/mol. The predicted molar refractivity (Wildman–Crippen MR) is 60.0 cm³/mol. The van der Waals surface area contributed by atoms with Crippen LogP contribution in [0.4, 0.5) is 0 Å². The summed E-state index contributed by atoms with van der Waals surface area (Å²) in [4.78, 5) is 10.4. The van der Waals surface area contributed by atoms with Crippen molar-refractivity contribution >= 4 is 17.9 Å². The zero-order chi connectivity index (χ0) is 10.7. The monoisotopic (exact) mass is 210 g/mol. The molecule has 0 bridgehead atoms. The first-order valence-corrected chi connectivity index (χ1v) is 5.14. The summed E-state index contributed by atoms with van der Waals surface area (Å²) in [5.41, 5.74) is 3.45. The van der Waals surface area contributed by atoms with Gasteiger partial charge in [-0.15, -0.1) is 0 Å². The highest BCUT2D eigenvalue weighted by Gasteiger charge is 2.08. The quantitative estimate of drug-likeness (QED) is 0.696. The molecule has 0 heterocycles. The summed E-state index contributed by atoms with van der Waals surface area (Å²) in [6, 6.07) is 4.06. The second-order valence-corrected chi connectivity index (χ2v) is 4.16. The van der Waals surface area contributed by atoms with Crippen molar-refractivity contribution < 1.29 is 4.79 Å². The molecule has 0 fully saturated rings. The Bertz CT molecular complexity index is 321. The lowest BCUT2D eigenvalue weighted by Crippen LogP contribution is -1.96. The van der Waals surface area contributed by atoms with Crippen molar-refractivity contribution in [3.63, 3.8) is 0 Å². The molecule has 2 heteroatoms. The van der Waals surface area contributed by atoms with E-state index < -0.39 is 0 Å². The third kappa shape index (κ3) is 2.36. The van der Waals surface area contributed by atoms with Crippen LogP contribution in [0.25, 0.3) is 0 Å². The van der Waals surface area contributed by atoms with E-state index >= 15 is 0 Å². The second-order valence-electron chi connectivity index (χ2n) is 3.75. The lowest BCUT2D eigenvalue weighted by atomic mass is 9.95. The maximum Gasteiger partial charge on any atom is 0.120 e. The highest BCUT2D eigenvalue weighted by atomic mass is 35.5. The minimum Gasteiger partial charge on any atom is -0.303 e. The van der Waals surface area contributed by atoms with Crippen molar-refractivity contribution in [3.05, 3.63) is 33.8 Å². The number of carbonyl (C=O) groups is 1. The molecule has 1 atom stereocenters. The number of halogens is 1. The van der Waals surface area contributed by atoms with Gasteiger partial charge in [-0.25, -0.2) is 0 Å². The highest BCUT2D eigenvalue weighted by Crippen LogP contribution is 2.26. The molecule has 1 unspecified atom stereocenters. The van der Waals surface area contributed by atoms with Crippen LogP contribution in [0.1, 0.15) is 36.0 Å². The van der Waals surface area contributed by atoms with E-state index in [1.54, 1.807) is 0 Å². The molecule has 0 spiro atoms. The Hall–Kier alpha value is -0.820. The Morgan fingerprint density at radius 2 is 2.07 bits per heavy atom. The fourth-order valence-electron chi connectivity index (χ4n) is 1.41. The Morgan fingerprint density at radius 1 is 1.43 bits per heavy atom. The summed E-state index contributed by atoms with van der Waals surface area (Å²) < 4.78 is 0. The molecule has 0 radical (unpaired) electrons. The van der Waals surface area contributed by atoms with Crippen molar-refractivity contribution in [2.75, 3.05) is 0 Å². The average Bonchev–Trinajstić information content (AvgIpc) is 2.13. The molecular formula is C12H15ClO. The van der Waals surface area contributed by atoms with Gasteiger partial charge in [-0.1, -0.05) is 24.6 Å². The molecule has 1 aromatic carbocycles. The Morgan fingerprint density at radius 3 is 2.57 bits per heavy atom. The molecule has 0 saturated carbocycles. The molecular weight excluding hydrogens is 196 g/mol. The Labute approximate surface area is 90.1 Å². The largest absolute Gasteiger partial charge is 0.303 e. The van der Waals surface area contributed by atoms with E-state index in [1.165, 1.54) is 5.56 Å². The van der Waals surface area contributed by atoms with E-state index in [0.717, 1.165) is 22.4 Å². The molecule has 0 amide bonds. The molecule has 0 aromatic heterocycles. The molecule has 0 N–H and O–H groups in total. The summed E-state index contributed by atoms with van der Waals surface area (Å²) >= 11 is 6.08. The van der Waals surface area contributed by atoms with Crippen molar-refractivity contribution in [2.45, 2.75) is 33.1 Å². The lowest BCUT2D eigenvalue weighted by molar-refractivity contribution is -0.108. The molecule has 0 aliphatic rings. The van der Waals surface area contributed by atoms with Crippen LogP contribution in [-0.4, -0.2) is 6.29 Å². The number of aryl methyl sites for hydroxylation is 1. The number of rotatable bonds is 3. The van der Waals surface area contributed by atoms with Crippen molar-refractivity contribution in [3.8, 4) is 0 Å². The minimum absolute atomic E-state index is 0.254. The molecule has 1 rings (SSSR count). The van der Waals surface area contributed by atoms with Crippen LogP contribution in [0.3, 0.4) is 0 Å². The highest BCUT2D eigenvalue weighted by molar-refractivity contribution is 6.31. The number of hydrogen-bond acceptors (Lipinski definition) is 1. The van der Waals surface area contributed by atoms with Gasteiger partial charge in [0.2, 0.25) is 0 Å². The second kappa shape index (κ2) is 4.61. The lowest BCUT2D eigenvalue weighted by Gasteiger charge is -2.12. The van der Waals surface area contributed by atoms with Crippen LogP contribution in [0, 0.1) is 13.8 Å². The first kappa shape index (κ1) is 11.3. The van der Waals surface area contributed by atoms with Gasteiger partial charge in [-0.3, -0.25) is 0 Å². The van der Waals surface area contributed by atoms with E-state index in [4.69, 9.17) is 11.6 Å². The summed E-state index contributed by atoms with van der Waals surface area (Å²) in [5, 5.41) is 0.790. The third-order valence-corrected chi connectivity index (χ3v) is 3.04. The van der Waals surface area contributed by atoms with Gasteiger partial charge < -0.3 is 4.79 Å². The van der Waals surface area contributed by atoms with Gasteiger partial charge in [0.25, 0.3) is 0 Å². The van der Waals surface area contributed by atoms with E-state index in [1.807, 2.05) is 26.8 Å². The van der Waals surface area contributed by atoms with Crippen LogP contribution >= 0.6 is 11.6 Å². The molecule has 1 aromatic rings. The van der Waals surface area contributed by atoms with Gasteiger partial charge in [0.15, 0.2) is 0 Å². The fourth-order valence-corrected chi connectivity index (χ4v) is 1.68. The normalized spacial score (nSPS) is 12.6. The Balaban J connectivity index is 3.05. The van der Waals surface area contributed by atoms with Gasteiger partial charge in [0, 0.05) is 11.4 Å². The van der Waals surface area contributed by atoms with Crippen LogP contribution < -0.4 is 0 Å². The predicted octanol–water partition coefficient (Wildman–Crippen LogP) is 3.65. The summed E-state index contributed by atoms with van der Waals surface area (Å²) in [7, 11) is 0. The topological polar surface area (TPSA) is 17.1 Å². The van der Waals surface area contributed by atoms with E-state index in [9.17, 15) is 4.79 Å². The van der Waals surface area contributed by atoms with Crippen molar-refractivity contribution in [1.29, 1.82) is 0 Å². The van der Waals surface area contributed by atoms with E-state index in [-0.39, 0.29) is 5.92 Å². The maximum absolute atomic E-state index is 10.4. The van der Waals surface area contributed by atoms with Crippen LogP contribution in [0.2, 0.25) is 5.02 Å². The van der Waals surface area contributed by atoms with E-state index in [0.29, 0.717) is 6.42 Å². The van der Waals surface area contributed by atoms with Crippen LogP contribution in [0.5, 0.6) is 0 Å². The standard InChI is InChI=1S/C12H15ClO/c1-8(4-5-14)11-6-9(2)10(3)12(13)7-11/h5-8H,4H2,1-3H3. The van der Waals surface area contributed by atoms with Crippen LogP contribution in [0.15, 0.2) is 12.1 Å². The molecule has 1 nitrogen and oxygen atoms in total. The molecule has 0 saturated heterocycles. The summed E-state index contributed by atoms with van der Waals surface area (Å²) in [5.74, 6) is 0.254. The Kier molecular flexibility index (Phi) is 3.70. The molecule has 0 aliphatic carbocycles. The SMILES string of the molecule is Cc1cc(C(C)CC=O)cc(Cl)c1C. The fraction of sp³-hybridized carbons (Fsp3) is 0.417. The smallest absolute Gasteiger partial charge is 0.120 e. The zero-order valence-corrected chi connectivity index (χ0v) is 9.56. The van der Waals surface area contributed by atoms with E-state index in [2.05, 4.69) is 6.07 Å².